The first kappa shape index (κ1) is 13.7. The summed E-state index contributed by atoms with van der Waals surface area (Å²) in [5.41, 5.74) is 1.63. The third-order valence-electron chi connectivity index (χ3n) is 2.19. The first-order valence-corrected chi connectivity index (χ1v) is 6.86. The zero-order chi connectivity index (χ0) is 11.6. The molecule has 2 rings (SSSR count). The molecule has 4 nitrogen and oxygen atoms in total. The van der Waals surface area contributed by atoms with Crippen LogP contribution in [-0.2, 0) is 15.6 Å². The Labute approximate surface area is 107 Å². The Hall–Kier alpha value is -1.33. The molecule has 1 aromatic carbocycles. The Bertz CT molecular complexity index is 579. The highest BCUT2D eigenvalue weighted by Gasteiger charge is 2.09. The van der Waals surface area contributed by atoms with Crippen LogP contribution in [0.5, 0.6) is 0 Å². The largest absolute Gasteiger partial charge is 0.306 e. The normalized spacial score (nSPS) is 10.9. The van der Waals surface area contributed by atoms with Gasteiger partial charge in [0.15, 0.2) is 9.84 Å². The van der Waals surface area contributed by atoms with Gasteiger partial charge in [0.05, 0.1) is 17.8 Å². The number of rotatable bonds is 3. The third kappa shape index (κ3) is 3.57. The molecule has 0 unspecified atom stereocenters. The van der Waals surface area contributed by atoms with Crippen LogP contribution in [0.15, 0.2) is 43.0 Å². The van der Waals surface area contributed by atoms with Crippen molar-refractivity contribution in [3.8, 4) is 5.69 Å². The molecule has 17 heavy (non-hydrogen) atoms. The molecule has 0 spiro atoms. The summed E-state index contributed by atoms with van der Waals surface area (Å²) in [5.74, 6) is 0.0430. The summed E-state index contributed by atoms with van der Waals surface area (Å²) >= 11 is 0. The predicted molar refractivity (Wildman–Crippen MR) is 69.4 cm³/mol. The van der Waals surface area contributed by atoms with Gasteiger partial charge in [-0.15, -0.1) is 12.4 Å². The molecular formula is C11H13ClN2O2S. The van der Waals surface area contributed by atoms with E-state index >= 15 is 0 Å². The van der Waals surface area contributed by atoms with Gasteiger partial charge < -0.3 is 4.57 Å². The molecule has 2 aromatic rings. The van der Waals surface area contributed by atoms with Crippen molar-refractivity contribution in [3.05, 3.63) is 48.5 Å². The lowest BCUT2D eigenvalue weighted by atomic mass is 10.2. The van der Waals surface area contributed by atoms with E-state index in [-0.39, 0.29) is 18.2 Å². The number of halogens is 1. The molecule has 1 heterocycles. The topological polar surface area (TPSA) is 52.0 Å². The van der Waals surface area contributed by atoms with Gasteiger partial charge in [-0.25, -0.2) is 13.4 Å². The number of benzene rings is 1. The van der Waals surface area contributed by atoms with Crippen molar-refractivity contribution in [1.29, 1.82) is 0 Å². The molecule has 0 aliphatic heterocycles. The van der Waals surface area contributed by atoms with Crippen LogP contribution in [0.3, 0.4) is 0 Å². The van der Waals surface area contributed by atoms with E-state index in [2.05, 4.69) is 4.98 Å². The first-order chi connectivity index (χ1) is 7.56. The summed E-state index contributed by atoms with van der Waals surface area (Å²) in [7, 11) is -3.02. The van der Waals surface area contributed by atoms with Crippen molar-refractivity contribution in [1.82, 2.24) is 9.55 Å². The van der Waals surface area contributed by atoms with Gasteiger partial charge in [0.25, 0.3) is 0 Å². The maximum Gasteiger partial charge on any atom is 0.151 e. The molecule has 0 aliphatic carbocycles. The second kappa shape index (κ2) is 5.33. The molecular weight excluding hydrogens is 260 g/mol. The van der Waals surface area contributed by atoms with Crippen LogP contribution in [0.25, 0.3) is 5.69 Å². The lowest BCUT2D eigenvalue weighted by Crippen LogP contribution is -2.04. The van der Waals surface area contributed by atoms with E-state index in [1.54, 1.807) is 23.3 Å². The fourth-order valence-corrected chi connectivity index (χ4v) is 2.38. The molecule has 0 radical (unpaired) electrons. The van der Waals surface area contributed by atoms with Crippen molar-refractivity contribution < 1.29 is 8.42 Å². The highest BCUT2D eigenvalue weighted by Crippen LogP contribution is 2.16. The SMILES string of the molecule is CS(=O)(=O)Cc1ccccc1-n1ccnc1.Cl. The minimum absolute atomic E-state index is 0. The zero-order valence-electron chi connectivity index (χ0n) is 9.28. The smallest absolute Gasteiger partial charge is 0.151 e. The number of para-hydroxylation sites is 1. The third-order valence-corrected chi connectivity index (χ3v) is 3.03. The highest BCUT2D eigenvalue weighted by molar-refractivity contribution is 7.89. The second-order valence-electron chi connectivity index (χ2n) is 3.67. The van der Waals surface area contributed by atoms with Gasteiger partial charge in [-0.2, -0.15) is 0 Å². The maximum atomic E-state index is 11.3. The van der Waals surface area contributed by atoms with Gasteiger partial charge >= 0.3 is 0 Å². The van der Waals surface area contributed by atoms with Gasteiger partial charge in [-0.3, -0.25) is 0 Å². The molecule has 0 aliphatic rings. The molecule has 92 valence electrons. The first-order valence-electron chi connectivity index (χ1n) is 4.80. The maximum absolute atomic E-state index is 11.3. The van der Waals surface area contributed by atoms with Gasteiger partial charge in [0.1, 0.15) is 0 Å². The van der Waals surface area contributed by atoms with Gasteiger partial charge in [-0.05, 0) is 11.6 Å². The number of nitrogens with zero attached hydrogens (tertiary/aromatic N) is 2. The summed E-state index contributed by atoms with van der Waals surface area (Å²) in [4.78, 5) is 3.95. The fraction of sp³-hybridized carbons (Fsp3) is 0.182. The highest BCUT2D eigenvalue weighted by atomic mass is 35.5. The average Bonchev–Trinajstić information content (AvgIpc) is 2.69. The number of hydrogen-bond donors (Lipinski definition) is 0. The van der Waals surface area contributed by atoms with E-state index in [0.717, 1.165) is 11.3 Å². The van der Waals surface area contributed by atoms with E-state index < -0.39 is 9.84 Å². The van der Waals surface area contributed by atoms with Crippen LogP contribution in [0.4, 0.5) is 0 Å². The van der Waals surface area contributed by atoms with Crippen molar-refractivity contribution in [3.63, 3.8) is 0 Å². The van der Waals surface area contributed by atoms with Crippen LogP contribution in [0.2, 0.25) is 0 Å². The summed E-state index contributed by atoms with van der Waals surface area (Å²) in [5, 5.41) is 0. The Balaban J connectivity index is 0.00000144. The Kier molecular flexibility index (Phi) is 4.31. The van der Waals surface area contributed by atoms with E-state index in [4.69, 9.17) is 0 Å². The standard InChI is InChI=1S/C11H12N2O2S.ClH/c1-16(14,15)8-10-4-2-3-5-11(10)13-7-6-12-9-13;/h2-7,9H,8H2,1H3;1H. The van der Waals surface area contributed by atoms with E-state index in [9.17, 15) is 8.42 Å². The monoisotopic (exact) mass is 272 g/mol. The van der Waals surface area contributed by atoms with Gasteiger partial charge in [0.2, 0.25) is 0 Å². The lowest BCUT2D eigenvalue weighted by molar-refractivity contribution is 0.601. The summed E-state index contributed by atoms with van der Waals surface area (Å²) < 4.78 is 24.4. The molecule has 1 aromatic heterocycles. The Morgan fingerprint density at radius 2 is 2.00 bits per heavy atom. The molecule has 0 bridgehead atoms. The zero-order valence-corrected chi connectivity index (χ0v) is 10.9. The molecule has 0 N–H and O–H groups in total. The molecule has 0 fully saturated rings. The minimum Gasteiger partial charge on any atom is -0.306 e. The second-order valence-corrected chi connectivity index (χ2v) is 5.81. The van der Waals surface area contributed by atoms with E-state index in [1.807, 2.05) is 24.3 Å². The minimum atomic E-state index is -3.02. The number of aromatic nitrogens is 2. The quantitative estimate of drug-likeness (QED) is 0.857. The summed E-state index contributed by atoms with van der Waals surface area (Å²) in [6, 6.07) is 7.40. The molecule has 0 amide bonds. The van der Waals surface area contributed by atoms with Crippen molar-refractivity contribution in [2.45, 2.75) is 5.75 Å². The van der Waals surface area contributed by atoms with Gasteiger partial charge in [0, 0.05) is 18.6 Å². The lowest BCUT2D eigenvalue weighted by Gasteiger charge is -2.08. The van der Waals surface area contributed by atoms with Gasteiger partial charge in [-0.1, -0.05) is 18.2 Å². The number of sulfone groups is 1. The Morgan fingerprint density at radius 3 is 2.59 bits per heavy atom. The van der Waals surface area contributed by atoms with Crippen molar-refractivity contribution >= 4 is 22.2 Å². The fourth-order valence-electron chi connectivity index (χ4n) is 1.57. The molecule has 6 heteroatoms. The van der Waals surface area contributed by atoms with Crippen LogP contribution in [0, 0.1) is 0 Å². The predicted octanol–water partition coefficient (Wildman–Crippen LogP) is 1.84. The summed E-state index contributed by atoms with van der Waals surface area (Å²) in [6.07, 6.45) is 6.34. The van der Waals surface area contributed by atoms with E-state index in [1.165, 1.54) is 6.26 Å². The molecule has 0 atom stereocenters. The number of imidazole rings is 1. The van der Waals surface area contributed by atoms with Crippen LogP contribution < -0.4 is 0 Å². The van der Waals surface area contributed by atoms with Crippen molar-refractivity contribution in [2.75, 3.05) is 6.26 Å². The van der Waals surface area contributed by atoms with Crippen LogP contribution >= 0.6 is 12.4 Å². The summed E-state index contributed by atoms with van der Waals surface area (Å²) in [6.45, 7) is 0. The average molecular weight is 273 g/mol. The van der Waals surface area contributed by atoms with E-state index in [0.29, 0.717) is 0 Å². The van der Waals surface area contributed by atoms with Crippen molar-refractivity contribution in [2.24, 2.45) is 0 Å². The molecule has 0 saturated carbocycles. The Morgan fingerprint density at radius 1 is 1.29 bits per heavy atom. The van der Waals surface area contributed by atoms with Crippen LogP contribution in [0.1, 0.15) is 5.56 Å². The molecule has 0 saturated heterocycles. The number of hydrogen-bond acceptors (Lipinski definition) is 3. The van der Waals surface area contributed by atoms with Crippen LogP contribution in [-0.4, -0.2) is 24.2 Å².